The van der Waals surface area contributed by atoms with Crippen molar-refractivity contribution >= 4 is 28.3 Å². The molecule has 4 aromatic rings. The van der Waals surface area contributed by atoms with Crippen molar-refractivity contribution < 1.29 is 18.9 Å². The second-order valence-electron chi connectivity index (χ2n) is 10.8. The number of nitrogens with zero attached hydrogens (tertiary/aromatic N) is 2. The first-order chi connectivity index (χ1) is 20.6. The molecule has 1 heterocycles. The minimum absolute atomic E-state index is 0. The topological polar surface area (TPSA) is 54.2 Å². The molecule has 1 fully saturated rings. The Labute approximate surface area is 270 Å². The van der Waals surface area contributed by atoms with E-state index in [1.807, 2.05) is 18.2 Å². The molecule has 230 valence electrons. The Morgan fingerprint density at radius 3 is 1.88 bits per heavy atom. The van der Waals surface area contributed by atoms with E-state index in [-0.39, 0.29) is 22.4 Å². The quantitative estimate of drug-likeness (QED) is 0.155. The van der Waals surface area contributed by atoms with Gasteiger partial charge in [0, 0.05) is 29.6 Å². The molecule has 3 aromatic carbocycles. The van der Waals surface area contributed by atoms with Gasteiger partial charge in [0.2, 0.25) is 0 Å². The maximum atomic E-state index is 5.59. The number of aryl methyl sites for hydroxylation is 1. The Kier molecular flexibility index (Phi) is 11.8. The molecule has 0 spiro atoms. The third kappa shape index (κ3) is 7.29. The smallest absolute Gasteiger partial charge is 0.184 e. The van der Waals surface area contributed by atoms with E-state index in [9.17, 15) is 0 Å². The summed E-state index contributed by atoms with van der Waals surface area (Å²) in [6.07, 6.45) is 7.81. The van der Waals surface area contributed by atoms with Crippen molar-refractivity contribution in [3.05, 3.63) is 99.3 Å². The zero-order valence-electron chi connectivity index (χ0n) is 25.6. The third-order valence-electron chi connectivity index (χ3n) is 8.49. The first-order valence-corrected chi connectivity index (χ1v) is 15.7. The molecule has 1 aliphatic carbocycles. The van der Waals surface area contributed by atoms with Gasteiger partial charge in [-0.3, -0.25) is 4.99 Å². The van der Waals surface area contributed by atoms with Crippen LogP contribution in [0.5, 0.6) is 23.0 Å². The van der Waals surface area contributed by atoms with Gasteiger partial charge in [-0.2, -0.15) is 0 Å². The van der Waals surface area contributed by atoms with E-state index in [0.29, 0.717) is 6.54 Å². The second kappa shape index (κ2) is 15.5. The standard InChI is InChI=1S/C35H42N2O4S.BrH/c1-38-29-15-13-26(23-31(29)40-3)17-21-36-34-37(22-18-27-14-16-30(39-2)32(24-27)41-4)33(25-42-34)35(19-9-6-10-20-35)28-11-7-5-8-12-28;/h5,7-8,11-16,23-25H,6,9-10,17-22H2,1-4H3;1H/b36-34+;. The van der Waals surface area contributed by atoms with Gasteiger partial charge >= 0.3 is 0 Å². The van der Waals surface area contributed by atoms with Gasteiger partial charge < -0.3 is 23.5 Å². The average Bonchev–Trinajstić information content (AvgIpc) is 3.47. The summed E-state index contributed by atoms with van der Waals surface area (Å²) >= 11 is 1.77. The molecule has 0 atom stereocenters. The molecule has 6 nitrogen and oxygen atoms in total. The van der Waals surface area contributed by atoms with Crippen LogP contribution in [0.2, 0.25) is 0 Å². The third-order valence-corrected chi connectivity index (χ3v) is 9.39. The van der Waals surface area contributed by atoms with E-state index in [1.165, 1.54) is 41.6 Å². The molecule has 1 aliphatic rings. The van der Waals surface area contributed by atoms with Crippen LogP contribution < -0.4 is 23.7 Å². The molecule has 0 unspecified atom stereocenters. The summed E-state index contributed by atoms with van der Waals surface area (Å²) in [6.45, 7) is 1.54. The lowest BCUT2D eigenvalue weighted by molar-refractivity contribution is 0.326. The Morgan fingerprint density at radius 2 is 1.30 bits per heavy atom. The first-order valence-electron chi connectivity index (χ1n) is 14.8. The van der Waals surface area contributed by atoms with Crippen molar-refractivity contribution in [1.29, 1.82) is 0 Å². The summed E-state index contributed by atoms with van der Waals surface area (Å²) in [6, 6.07) is 23.4. The fourth-order valence-electron chi connectivity index (χ4n) is 6.25. The predicted molar refractivity (Wildman–Crippen MR) is 180 cm³/mol. The molecule has 0 N–H and O–H groups in total. The molecular formula is C35H43BrN2O4S. The summed E-state index contributed by atoms with van der Waals surface area (Å²) in [5.41, 5.74) is 5.21. The molecule has 0 aliphatic heterocycles. The van der Waals surface area contributed by atoms with Crippen molar-refractivity contribution in [1.82, 2.24) is 4.57 Å². The molecule has 0 bridgehead atoms. The van der Waals surface area contributed by atoms with Crippen molar-refractivity contribution in [2.45, 2.75) is 56.9 Å². The number of hydrogen-bond donors (Lipinski definition) is 0. The first kappa shape index (κ1) is 32.7. The van der Waals surface area contributed by atoms with Gasteiger partial charge in [-0.05, 0) is 66.6 Å². The van der Waals surface area contributed by atoms with Gasteiger partial charge in [0.05, 0.1) is 28.4 Å². The Morgan fingerprint density at radius 1 is 0.721 bits per heavy atom. The lowest BCUT2D eigenvalue weighted by atomic mass is 9.67. The number of methoxy groups -OCH3 is 4. The van der Waals surface area contributed by atoms with Crippen LogP contribution in [-0.2, 0) is 24.8 Å². The van der Waals surface area contributed by atoms with Crippen LogP contribution in [0, 0.1) is 0 Å². The number of benzene rings is 3. The van der Waals surface area contributed by atoms with E-state index in [0.717, 1.165) is 60.0 Å². The van der Waals surface area contributed by atoms with Crippen LogP contribution in [0.4, 0.5) is 0 Å². The number of ether oxygens (including phenoxy) is 4. The Bertz CT molecular complexity index is 1530. The van der Waals surface area contributed by atoms with Crippen LogP contribution >= 0.6 is 28.3 Å². The SMILES string of the molecule is Br.COc1ccc(CC/N=c2/scc(C3(c4ccccc4)CCCCC3)n2CCc2ccc(OC)c(OC)c2)cc1OC. The van der Waals surface area contributed by atoms with Crippen molar-refractivity contribution in [3.8, 4) is 23.0 Å². The van der Waals surface area contributed by atoms with E-state index < -0.39 is 0 Å². The zero-order valence-corrected chi connectivity index (χ0v) is 28.2. The highest BCUT2D eigenvalue weighted by molar-refractivity contribution is 8.93. The van der Waals surface area contributed by atoms with Crippen LogP contribution in [-0.4, -0.2) is 39.6 Å². The maximum absolute atomic E-state index is 5.59. The molecule has 0 amide bonds. The van der Waals surface area contributed by atoms with Crippen molar-refractivity contribution in [2.24, 2.45) is 4.99 Å². The minimum atomic E-state index is 0. The number of halogens is 1. The lowest BCUT2D eigenvalue weighted by Gasteiger charge is -2.38. The van der Waals surface area contributed by atoms with Crippen molar-refractivity contribution in [2.75, 3.05) is 35.0 Å². The fourth-order valence-corrected chi connectivity index (χ4v) is 7.30. The Balaban J connectivity index is 0.00000423. The lowest BCUT2D eigenvalue weighted by Crippen LogP contribution is -2.35. The van der Waals surface area contributed by atoms with Crippen molar-refractivity contribution in [3.63, 3.8) is 0 Å². The van der Waals surface area contributed by atoms with Crippen LogP contribution in [0.25, 0.3) is 0 Å². The van der Waals surface area contributed by atoms with Crippen LogP contribution in [0.3, 0.4) is 0 Å². The Hall–Kier alpha value is -3.23. The highest BCUT2D eigenvalue weighted by atomic mass is 79.9. The molecule has 1 aromatic heterocycles. The van der Waals surface area contributed by atoms with E-state index >= 15 is 0 Å². The molecule has 8 heteroatoms. The average molecular weight is 668 g/mol. The van der Waals surface area contributed by atoms with Gasteiger partial charge in [0.25, 0.3) is 0 Å². The van der Waals surface area contributed by atoms with E-state index in [4.69, 9.17) is 23.9 Å². The maximum Gasteiger partial charge on any atom is 0.184 e. The second-order valence-corrected chi connectivity index (χ2v) is 11.7. The summed E-state index contributed by atoms with van der Waals surface area (Å²) in [7, 11) is 6.70. The summed E-state index contributed by atoms with van der Waals surface area (Å²) in [4.78, 5) is 6.25. The van der Waals surface area contributed by atoms with Gasteiger partial charge in [-0.1, -0.05) is 61.7 Å². The van der Waals surface area contributed by atoms with Crippen LogP contribution in [0.15, 0.2) is 77.1 Å². The molecule has 1 saturated carbocycles. The predicted octanol–water partition coefficient (Wildman–Crippen LogP) is 7.80. The molecule has 5 rings (SSSR count). The molecular weight excluding hydrogens is 624 g/mol. The molecule has 43 heavy (non-hydrogen) atoms. The normalized spacial score (nSPS) is 14.6. The van der Waals surface area contributed by atoms with Gasteiger partial charge in [-0.25, -0.2) is 0 Å². The van der Waals surface area contributed by atoms with Gasteiger partial charge in [0.15, 0.2) is 27.8 Å². The number of thiazole rings is 1. The summed E-state index contributed by atoms with van der Waals surface area (Å²) < 4.78 is 24.5. The van der Waals surface area contributed by atoms with Gasteiger partial charge in [0.1, 0.15) is 0 Å². The minimum Gasteiger partial charge on any atom is -0.493 e. The zero-order chi connectivity index (χ0) is 29.4. The van der Waals surface area contributed by atoms with Crippen LogP contribution in [0.1, 0.15) is 54.5 Å². The largest absolute Gasteiger partial charge is 0.493 e. The highest BCUT2D eigenvalue weighted by Crippen LogP contribution is 2.45. The number of rotatable bonds is 12. The monoisotopic (exact) mass is 666 g/mol. The highest BCUT2D eigenvalue weighted by Gasteiger charge is 2.38. The van der Waals surface area contributed by atoms with E-state index in [1.54, 1.807) is 39.8 Å². The van der Waals surface area contributed by atoms with E-state index in [2.05, 4.69) is 58.5 Å². The summed E-state index contributed by atoms with van der Waals surface area (Å²) in [5, 5.41) is 2.38. The number of hydrogen-bond acceptors (Lipinski definition) is 6. The summed E-state index contributed by atoms with van der Waals surface area (Å²) in [5.74, 6) is 3.01. The number of aromatic nitrogens is 1. The molecule has 0 saturated heterocycles. The van der Waals surface area contributed by atoms with Gasteiger partial charge in [-0.15, -0.1) is 28.3 Å². The molecule has 0 radical (unpaired) electrons. The fraction of sp³-hybridized carbons (Fsp3) is 0.400.